The average molecular weight is 591 g/mol. The lowest BCUT2D eigenvalue weighted by atomic mass is 10.1. The molecule has 0 aliphatic carbocycles. The van der Waals surface area contributed by atoms with Gasteiger partial charge in [0.15, 0.2) is 12.0 Å². The van der Waals surface area contributed by atoms with Crippen molar-refractivity contribution in [1.29, 1.82) is 0 Å². The monoisotopic (exact) mass is 590 g/mol. The molecule has 2 heterocycles. The lowest BCUT2D eigenvalue weighted by Gasteiger charge is -2.26. The first-order valence-corrected chi connectivity index (χ1v) is 14.2. The van der Waals surface area contributed by atoms with Crippen LogP contribution in [0.25, 0.3) is 10.9 Å². The average Bonchev–Trinajstić information content (AvgIpc) is 2.99. The molecule has 0 bridgehead atoms. The number of fused-ring (bicyclic) bond motifs is 1. The number of hydrogen-bond donors (Lipinski definition) is 0. The normalized spacial score (nSPS) is 15.1. The zero-order chi connectivity index (χ0) is 30.3. The van der Waals surface area contributed by atoms with Gasteiger partial charge >= 0.3 is 6.18 Å². The van der Waals surface area contributed by atoms with Crippen LogP contribution in [-0.2, 0) is 25.2 Å². The van der Waals surface area contributed by atoms with Crippen LogP contribution in [0.1, 0.15) is 26.3 Å². The van der Waals surface area contributed by atoms with E-state index in [2.05, 4.69) is 23.0 Å². The molecule has 1 aromatic carbocycles. The molecule has 1 aliphatic heterocycles. The summed E-state index contributed by atoms with van der Waals surface area (Å²) >= 11 is 1.43. The van der Waals surface area contributed by atoms with Gasteiger partial charge in [0.05, 0.1) is 30.8 Å². The summed E-state index contributed by atoms with van der Waals surface area (Å²) in [6.07, 6.45) is 4.13. The number of thioether (sulfide) groups is 1. The highest BCUT2D eigenvalue weighted by Gasteiger charge is 2.30. The molecule has 0 amide bonds. The van der Waals surface area contributed by atoms with Gasteiger partial charge in [-0.05, 0) is 42.3 Å². The van der Waals surface area contributed by atoms with Crippen molar-refractivity contribution < 1.29 is 32.2 Å². The topological polar surface area (TPSA) is 60.9 Å². The Kier molecular flexibility index (Phi) is 14.4. The molecule has 0 N–H and O–H groups in total. The highest BCUT2D eigenvalue weighted by molar-refractivity contribution is 7.99. The molecule has 0 saturated carbocycles. The number of hydrogen-bond acceptors (Lipinski definition) is 7. The maximum absolute atomic E-state index is 13.1. The molecule has 0 atom stereocenters. The highest BCUT2D eigenvalue weighted by atomic mass is 32.2. The molecule has 6 nitrogen and oxygen atoms in total. The van der Waals surface area contributed by atoms with Crippen LogP contribution in [0.2, 0.25) is 0 Å². The number of morpholine rings is 1. The number of pyridine rings is 1. The van der Waals surface area contributed by atoms with Crippen molar-refractivity contribution in [2.45, 2.75) is 31.8 Å². The number of carbonyl (C=O) groups excluding carboxylic acids is 1. The van der Waals surface area contributed by atoms with E-state index in [1.807, 2.05) is 26.8 Å². The number of allylic oxidation sites excluding steroid dienone is 4. The first-order valence-electron chi connectivity index (χ1n) is 13.2. The summed E-state index contributed by atoms with van der Waals surface area (Å²) in [5, 5.41) is 0.621. The molecule has 41 heavy (non-hydrogen) atoms. The molecule has 1 aliphatic rings. The van der Waals surface area contributed by atoms with Crippen LogP contribution in [0.15, 0.2) is 95.7 Å². The Balaban J connectivity index is 0.00000287. The number of halogens is 3. The van der Waals surface area contributed by atoms with Gasteiger partial charge in [-0.25, -0.2) is 0 Å². The van der Waals surface area contributed by atoms with Gasteiger partial charge in [-0.1, -0.05) is 45.2 Å². The molecule has 1 saturated heterocycles. The summed E-state index contributed by atoms with van der Waals surface area (Å²) in [6, 6.07) is 5.28. The second kappa shape index (κ2) is 17.5. The number of rotatable bonds is 13. The van der Waals surface area contributed by atoms with Crippen LogP contribution in [0.3, 0.4) is 0 Å². The number of carbonyl (C=O) groups is 1. The van der Waals surface area contributed by atoms with Gasteiger partial charge in [-0.15, -0.1) is 11.8 Å². The molecule has 0 radical (unpaired) electrons. The maximum atomic E-state index is 13.1. The van der Waals surface area contributed by atoms with E-state index in [0.717, 1.165) is 35.7 Å². The Hall–Kier alpha value is -3.34. The third-order valence-electron chi connectivity index (χ3n) is 5.85. The van der Waals surface area contributed by atoms with E-state index >= 15 is 0 Å². The van der Waals surface area contributed by atoms with E-state index in [-0.39, 0.29) is 17.9 Å². The van der Waals surface area contributed by atoms with Crippen molar-refractivity contribution in [3.05, 3.63) is 96.3 Å². The van der Waals surface area contributed by atoms with Crippen LogP contribution in [0.4, 0.5) is 13.2 Å². The number of nitrogens with zero attached hydrogens (tertiary/aromatic N) is 2. The van der Waals surface area contributed by atoms with Crippen molar-refractivity contribution in [3.8, 4) is 0 Å². The number of aromatic nitrogens is 1. The molecule has 3 rings (SSSR count). The third-order valence-corrected chi connectivity index (χ3v) is 6.97. The first-order chi connectivity index (χ1) is 19.7. The summed E-state index contributed by atoms with van der Waals surface area (Å²) in [6.45, 7) is 17.3. The van der Waals surface area contributed by atoms with Gasteiger partial charge in [0.25, 0.3) is 0 Å². The van der Waals surface area contributed by atoms with Gasteiger partial charge in [-0.2, -0.15) is 13.2 Å². The number of ether oxygens (including phenoxy) is 3. The third kappa shape index (κ3) is 10.9. The minimum atomic E-state index is -4.44. The van der Waals surface area contributed by atoms with E-state index in [0.29, 0.717) is 48.5 Å². The van der Waals surface area contributed by atoms with Gasteiger partial charge < -0.3 is 14.2 Å². The van der Waals surface area contributed by atoms with Crippen LogP contribution in [0, 0.1) is 0 Å². The molecule has 10 heteroatoms. The van der Waals surface area contributed by atoms with E-state index in [1.165, 1.54) is 30.3 Å². The second-order valence-corrected chi connectivity index (χ2v) is 9.56. The Morgan fingerprint density at radius 2 is 1.95 bits per heavy atom. The van der Waals surface area contributed by atoms with Crippen LogP contribution in [-0.4, -0.2) is 61.4 Å². The molecule has 1 fully saturated rings. The largest absolute Gasteiger partial charge is 0.482 e. The summed E-state index contributed by atoms with van der Waals surface area (Å²) in [5.74, 6) is 1.16. The van der Waals surface area contributed by atoms with Crippen molar-refractivity contribution >= 4 is 29.0 Å². The Labute approximate surface area is 244 Å². The fraction of sp³-hybridized carbons (Fsp3) is 0.355. The van der Waals surface area contributed by atoms with Crippen LogP contribution < -0.4 is 0 Å². The molecular formula is C31H37F3N2O4S. The molecule has 1 aromatic heterocycles. The van der Waals surface area contributed by atoms with Gasteiger partial charge in [-0.3, -0.25) is 14.7 Å². The highest BCUT2D eigenvalue weighted by Crippen LogP contribution is 2.34. The molecule has 0 unspecified atom stereocenters. The second-order valence-electron chi connectivity index (χ2n) is 8.55. The van der Waals surface area contributed by atoms with Crippen LogP contribution >= 0.6 is 11.8 Å². The number of alkyl halides is 3. The quantitative estimate of drug-likeness (QED) is 0.0795. The Morgan fingerprint density at radius 1 is 1.22 bits per heavy atom. The fourth-order valence-corrected chi connectivity index (χ4v) is 4.76. The SMILES string of the molecule is C=C/C=C(/CSc1ccnc2cc(C(F)(F)F)ccc12)C(=C)CO/C(C=O)=C/O/C(=C\C)CN1CCOCC1.CC. The lowest BCUT2D eigenvalue weighted by Crippen LogP contribution is -2.37. The van der Waals surface area contributed by atoms with E-state index < -0.39 is 11.7 Å². The minimum absolute atomic E-state index is 0.0173. The van der Waals surface area contributed by atoms with Crippen molar-refractivity contribution in [2.24, 2.45) is 0 Å². The number of benzene rings is 1. The first kappa shape index (κ1) is 33.9. The van der Waals surface area contributed by atoms with Crippen molar-refractivity contribution in [3.63, 3.8) is 0 Å². The summed E-state index contributed by atoms with van der Waals surface area (Å²) in [4.78, 5) is 18.6. The van der Waals surface area contributed by atoms with Crippen molar-refractivity contribution in [2.75, 3.05) is 45.2 Å². The standard InChI is InChI=1S/C29H31F3N2O4S.C2H6/c1-4-6-22(20-39-28-9-10-33-27-15-23(29(30,31)32)7-8-26(27)28)21(3)18-37-25(17-35)19-38-24(5-2)16-34-11-13-36-14-12-34;1-2/h4-10,15,17,19H,1,3,11-14,16,18,20H2,2H3;1-2H3/b22-6-,24-5-,25-19+;. The predicted octanol–water partition coefficient (Wildman–Crippen LogP) is 7.35. The lowest BCUT2D eigenvalue weighted by molar-refractivity contribution is -0.137. The van der Waals surface area contributed by atoms with Gasteiger partial charge in [0, 0.05) is 35.3 Å². The molecular weight excluding hydrogens is 553 g/mol. The van der Waals surface area contributed by atoms with E-state index in [9.17, 15) is 18.0 Å². The summed E-state index contributed by atoms with van der Waals surface area (Å²) in [5.41, 5.74) is 0.945. The molecule has 0 spiro atoms. The van der Waals surface area contributed by atoms with Crippen LogP contribution in [0.5, 0.6) is 0 Å². The minimum Gasteiger partial charge on any atom is -0.482 e. The summed E-state index contributed by atoms with van der Waals surface area (Å²) < 4.78 is 55.9. The number of aldehydes is 1. The Morgan fingerprint density at radius 3 is 2.59 bits per heavy atom. The van der Waals surface area contributed by atoms with Crippen molar-refractivity contribution in [1.82, 2.24) is 9.88 Å². The van der Waals surface area contributed by atoms with E-state index in [1.54, 1.807) is 18.2 Å². The van der Waals surface area contributed by atoms with E-state index in [4.69, 9.17) is 14.2 Å². The molecule has 2 aromatic rings. The Bertz CT molecular complexity index is 1270. The zero-order valence-corrected chi connectivity index (χ0v) is 24.5. The molecule has 222 valence electrons. The smallest absolute Gasteiger partial charge is 0.416 e. The van der Waals surface area contributed by atoms with Gasteiger partial charge in [0.1, 0.15) is 18.6 Å². The zero-order valence-electron chi connectivity index (χ0n) is 23.7. The van der Waals surface area contributed by atoms with Gasteiger partial charge in [0.2, 0.25) is 0 Å². The predicted molar refractivity (Wildman–Crippen MR) is 158 cm³/mol. The maximum Gasteiger partial charge on any atom is 0.416 e. The summed E-state index contributed by atoms with van der Waals surface area (Å²) in [7, 11) is 0. The fourth-order valence-electron chi connectivity index (χ4n) is 3.66.